The molecule has 1 aliphatic rings. The van der Waals surface area contributed by atoms with Gasteiger partial charge in [0.05, 0.1) is 0 Å². The number of aromatic nitrogens is 1. The second kappa shape index (κ2) is 6.48. The summed E-state index contributed by atoms with van der Waals surface area (Å²) in [4.78, 5) is 29.1. The Kier molecular flexibility index (Phi) is 4.23. The Hall–Kier alpha value is -2.89. The van der Waals surface area contributed by atoms with Crippen molar-refractivity contribution in [1.29, 1.82) is 0 Å². The molecular weight excluding hydrogens is 296 g/mol. The van der Waals surface area contributed by atoms with Crippen LogP contribution in [0.5, 0.6) is 11.5 Å². The lowest BCUT2D eigenvalue weighted by molar-refractivity contribution is -0.141. The van der Waals surface area contributed by atoms with Crippen molar-refractivity contribution in [3.63, 3.8) is 0 Å². The standard InChI is InChI=1S/C17H16N2O4/c20-16(19-10-4-7-15(19)17(21)22)14-11-13(8-9-18-14)23-12-5-2-1-3-6-12/h1-3,5-6,8-9,11,15H,4,7,10H2,(H,21,22). The van der Waals surface area contributed by atoms with Crippen LogP contribution in [-0.4, -0.2) is 39.5 Å². The molecule has 2 aromatic rings. The third-order valence-corrected chi connectivity index (χ3v) is 3.73. The van der Waals surface area contributed by atoms with Crippen molar-refractivity contribution in [2.45, 2.75) is 18.9 Å². The molecule has 3 rings (SSSR count). The van der Waals surface area contributed by atoms with Crippen LogP contribution in [0.25, 0.3) is 0 Å². The molecule has 6 nitrogen and oxygen atoms in total. The van der Waals surface area contributed by atoms with Gasteiger partial charge in [0.1, 0.15) is 23.2 Å². The SMILES string of the molecule is O=C(O)C1CCCN1C(=O)c1cc(Oc2ccccc2)ccn1. The summed E-state index contributed by atoms with van der Waals surface area (Å²) >= 11 is 0. The van der Waals surface area contributed by atoms with E-state index in [-0.39, 0.29) is 11.6 Å². The number of hydrogen-bond acceptors (Lipinski definition) is 4. The van der Waals surface area contributed by atoms with Crippen LogP contribution in [0.15, 0.2) is 48.7 Å². The Labute approximate surface area is 133 Å². The first-order valence-electron chi connectivity index (χ1n) is 7.38. The van der Waals surface area contributed by atoms with Gasteiger partial charge in [0.15, 0.2) is 0 Å². The summed E-state index contributed by atoms with van der Waals surface area (Å²) in [7, 11) is 0. The van der Waals surface area contributed by atoms with Crippen LogP contribution in [-0.2, 0) is 4.79 Å². The molecule has 1 fully saturated rings. The number of nitrogens with zero attached hydrogens (tertiary/aromatic N) is 2. The van der Waals surface area contributed by atoms with Gasteiger partial charge in [0.2, 0.25) is 0 Å². The summed E-state index contributed by atoms with van der Waals surface area (Å²) < 4.78 is 5.68. The first-order valence-corrected chi connectivity index (χ1v) is 7.38. The van der Waals surface area contributed by atoms with Gasteiger partial charge in [-0.2, -0.15) is 0 Å². The normalized spacial score (nSPS) is 17.0. The van der Waals surface area contributed by atoms with Crippen LogP contribution >= 0.6 is 0 Å². The van der Waals surface area contributed by atoms with Gasteiger partial charge in [-0.15, -0.1) is 0 Å². The van der Waals surface area contributed by atoms with E-state index in [1.165, 1.54) is 17.2 Å². The van der Waals surface area contributed by atoms with Crippen molar-refractivity contribution >= 4 is 11.9 Å². The van der Waals surface area contributed by atoms with E-state index < -0.39 is 12.0 Å². The fourth-order valence-electron chi connectivity index (χ4n) is 2.63. The molecule has 1 aromatic heterocycles. The Morgan fingerprint density at radius 3 is 2.70 bits per heavy atom. The zero-order chi connectivity index (χ0) is 16.2. The summed E-state index contributed by atoms with van der Waals surface area (Å²) in [6.45, 7) is 0.432. The highest BCUT2D eigenvalue weighted by molar-refractivity contribution is 5.95. The van der Waals surface area contributed by atoms with Gasteiger partial charge in [-0.3, -0.25) is 9.78 Å². The number of hydrogen-bond donors (Lipinski definition) is 1. The number of carboxylic acid groups (broad SMARTS) is 1. The summed E-state index contributed by atoms with van der Waals surface area (Å²) in [5.41, 5.74) is 0.187. The molecule has 1 amide bonds. The highest BCUT2D eigenvalue weighted by Crippen LogP contribution is 2.24. The van der Waals surface area contributed by atoms with Crippen molar-refractivity contribution in [3.05, 3.63) is 54.4 Å². The molecule has 0 saturated carbocycles. The predicted octanol–water partition coefficient (Wildman–Crippen LogP) is 2.56. The number of aliphatic carboxylic acids is 1. The van der Waals surface area contributed by atoms with Crippen molar-refractivity contribution in [3.8, 4) is 11.5 Å². The van der Waals surface area contributed by atoms with Gasteiger partial charge in [-0.1, -0.05) is 18.2 Å². The maximum absolute atomic E-state index is 12.5. The highest BCUT2D eigenvalue weighted by atomic mass is 16.5. The van der Waals surface area contributed by atoms with Crippen LogP contribution in [0.1, 0.15) is 23.3 Å². The quantitative estimate of drug-likeness (QED) is 0.938. The molecule has 1 N–H and O–H groups in total. The smallest absolute Gasteiger partial charge is 0.326 e. The second-order valence-electron chi connectivity index (χ2n) is 5.29. The van der Waals surface area contributed by atoms with E-state index in [1.807, 2.05) is 30.3 Å². The summed E-state index contributed by atoms with van der Waals surface area (Å²) in [5.74, 6) is -0.219. The molecule has 1 atom stereocenters. The van der Waals surface area contributed by atoms with E-state index in [9.17, 15) is 14.7 Å². The Morgan fingerprint density at radius 1 is 1.17 bits per heavy atom. The maximum Gasteiger partial charge on any atom is 0.326 e. The van der Waals surface area contributed by atoms with E-state index in [2.05, 4.69) is 4.98 Å². The molecule has 2 heterocycles. The molecule has 23 heavy (non-hydrogen) atoms. The summed E-state index contributed by atoms with van der Waals surface area (Å²) in [5, 5.41) is 9.19. The van der Waals surface area contributed by atoms with E-state index in [0.717, 1.165) is 0 Å². The van der Waals surface area contributed by atoms with Gasteiger partial charge in [0, 0.05) is 18.8 Å². The number of likely N-dealkylation sites (tertiary alicyclic amines) is 1. The Balaban J connectivity index is 1.79. The van der Waals surface area contributed by atoms with Crippen LogP contribution in [0.4, 0.5) is 0 Å². The number of pyridine rings is 1. The number of carbonyl (C=O) groups excluding carboxylic acids is 1. The summed E-state index contributed by atoms with van der Waals surface area (Å²) in [6, 6.07) is 11.6. The van der Waals surface area contributed by atoms with Crippen molar-refractivity contribution in [2.75, 3.05) is 6.54 Å². The minimum absolute atomic E-state index is 0.187. The number of rotatable bonds is 4. The molecule has 1 aliphatic heterocycles. The monoisotopic (exact) mass is 312 g/mol. The Morgan fingerprint density at radius 2 is 1.96 bits per heavy atom. The maximum atomic E-state index is 12.5. The van der Waals surface area contributed by atoms with Crippen LogP contribution in [0.3, 0.4) is 0 Å². The van der Waals surface area contributed by atoms with Gasteiger partial charge in [0.25, 0.3) is 5.91 Å². The van der Waals surface area contributed by atoms with Crippen molar-refractivity contribution in [2.24, 2.45) is 0 Å². The first-order chi connectivity index (χ1) is 11.1. The molecule has 0 bridgehead atoms. The predicted molar refractivity (Wildman–Crippen MR) is 82.4 cm³/mol. The number of carboxylic acids is 1. The molecule has 0 aliphatic carbocycles. The van der Waals surface area contributed by atoms with Crippen molar-refractivity contribution in [1.82, 2.24) is 9.88 Å². The average Bonchev–Trinajstić information content (AvgIpc) is 3.05. The van der Waals surface area contributed by atoms with Gasteiger partial charge < -0.3 is 14.7 Å². The zero-order valence-corrected chi connectivity index (χ0v) is 12.4. The minimum Gasteiger partial charge on any atom is -0.480 e. The van der Waals surface area contributed by atoms with E-state index >= 15 is 0 Å². The molecule has 1 aromatic carbocycles. The fraction of sp³-hybridized carbons (Fsp3) is 0.235. The number of carbonyl (C=O) groups is 2. The molecule has 0 radical (unpaired) electrons. The second-order valence-corrected chi connectivity index (χ2v) is 5.29. The number of ether oxygens (including phenoxy) is 1. The van der Waals surface area contributed by atoms with E-state index in [0.29, 0.717) is 30.9 Å². The van der Waals surface area contributed by atoms with Gasteiger partial charge >= 0.3 is 5.97 Å². The summed E-state index contributed by atoms with van der Waals surface area (Å²) in [6.07, 6.45) is 2.64. The number of para-hydroxylation sites is 1. The molecule has 1 unspecified atom stereocenters. The Bertz CT molecular complexity index is 718. The van der Waals surface area contributed by atoms with Crippen LogP contribution < -0.4 is 4.74 Å². The number of benzene rings is 1. The fourth-order valence-corrected chi connectivity index (χ4v) is 2.63. The first kappa shape index (κ1) is 15.0. The molecule has 118 valence electrons. The molecule has 1 saturated heterocycles. The largest absolute Gasteiger partial charge is 0.480 e. The van der Waals surface area contributed by atoms with E-state index in [1.54, 1.807) is 6.07 Å². The lowest BCUT2D eigenvalue weighted by Gasteiger charge is -2.21. The lowest BCUT2D eigenvalue weighted by Crippen LogP contribution is -2.40. The minimum atomic E-state index is -0.979. The molecular formula is C17H16N2O4. The average molecular weight is 312 g/mol. The third kappa shape index (κ3) is 3.31. The zero-order valence-electron chi connectivity index (χ0n) is 12.4. The van der Waals surface area contributed by atoms with Gasteiger partial charge in [-0.05, 0) is 31.0 Å². The van der Waals surface area contributed by atoms with E-state index in [4.69, 9.17) is 4.74 Å². The third-order valence-electron chi connectivity index (χ3n) is 3.73. The topological polar surface area (TPSA) is 79.7 Å². The van der Waals surface area contributed by atoms with Crippen molar-refractivity contribution < 1.29 is 19.4 Å². The number of amides is 1. The molecule has 6 heteroatoms. The molecule has 0 spiro atoms. The van der Waals surface area contributed by atoms with Gasteiger partial charge in [-0.25, -0.2) is 4.79 Å². The van der Waals surface area contributed by atoms with Crippen LogP contribution in [0.2, 0.25) is 0 Å². The highest BCUT2D eigenvalue weighted by Gasteiger charge is 2.34. The lowest BCUT2D eigenvalue weighted by atomic mass is 10.2. The van der Waals surface area contributed by atoms with Crippen LogP contribution in [0, 0.1) is 0 Å².